The third-order valence-electron chi connectivity index (χ3n) is 2.94. The normalized spacial score (nSPS) is 11.5. The largest absolute Gasteiger partial charge is 0.322 e. The summed E-state index contributed by atoms with van der Waals surface area (Å²) in [6.45, 7) is 0. The number of amides is 1. The Morgan fingerprint density at radius 2 is 2.00 bits per heavy atom. The summed E-state index contributed by atoms with van der Waals surface area (Å²) in [6, 6.07) is 15.4. The molecule has 0 heterocycles. The molecule has 1 unspecified atom stereocenters. The van der Waals surface area contributed by atoms with Gasteiger partial charge in [0.15, 0.2) is 0 Å². The second-order valence-corrected chi connectivity index (χ2v) is 5.40. The zero-order valence-electron chi connectivity index (χ0n) is 11.0. The first-order chi connectivity index (χ1) is 10.1. The molecule has 0 aliphatic rings. The molecule has 1 atom stereocenters. The predicted molar refractivity (Wildman–Crippen MR) is 82.0 cm³/mol. The predicted octanol–water partition coefficient (Wildman–Crippen LogP) is 3.91. The van der Waals surface area contributed by atoms with Crippen molar-refractivity contribution in [3.8, 4) is 6.07 Å². The molecule has 5 heteroatoms. The van der Waals surface area contributed by atoms with Crippen LogP contribution in [-0.4, -0.2) is 5.91 Å². The van der Waals surface area contributed by atoms with E-state index in [-0.39, 0.29) is 5.69 Å². The van der Waals surface area contributed by atoms with E-state index in [1.807, 2.05) is 36.4 Å². The monoisotopic (exact) mass is 346 g/mol. The van der Waals surface area contributed by atoms with E-state index >= 15 is 0 Å². The molecule has 1 N–H and O–H groups in total. The van der Waals surface area contributed by atoms with Crippen LogP contribution in [0.5, 0.6) is 0 Å². The molecule has 2 aromatic rings. The van der Waals surface area contributed by atoms with Crippen LogP contribution < -0.4 is 5.32 Å². The van der Waals surface area contributed by atoms with Crippen LogP contribution in [0.15, 0.2) is 53.0 Å². The van der Waals surface area contributed by atoms with Gasteiger partial charge in [0.05, 0.1) is 11.8 Å². The summed E-state index contributed by atoms with van der Waals surface area (Å²) in [4.78, 5) is 12.1. The van der Waals surface area contributed by atoms with Gasteiger partial charge < -0.3 is 5.32 Å². The van der Waals surface area contributed by atoms with Crippen LogP contribution in [0.25, 0.3) is 0 Å². The number of halogens is 2. The molecular weight excluding hydrogens is 335 g/mol. The van der Waals surface area contributed by atoms with Crippen LogP contribution in [0.3, 0.4) is 0 Å². The number of benzene rings is 2. The third kappa shape index (κ3) is 4.14. The number of carbonyl (C=O) groups excluding carboxylic acids is 1. The van der Waals surface area contributed by atoms with Gasteiger partial charge in [-0.25, -0.2) is 4.39 Å². The number of nitrogens with zero attached hydrogens (tertiary/aromatic N) is 1. The molecule has 3 nitrogen and oxygen atoms in total. The summed E-state index contributed by atoms with van der Waals surface area (Å²) in [5.41, 5.74) is 0.941. The molecule has 0 fully saturated rings. The number of rotatable bonds is 4. The summed E-state index contributed by atoms with van der Waals surface area (Å²) in [6.07, 6.45) is 0.290. The van der Waals surface area contributed by atoms with Gasteiger partial charge in [-0.2, -0.15) is 5.26 Å². The summed E-state index contributed by atoms with van der Waals surface area (Å²) in [7, 11) is 0. The van der Waals surface area contributed by atoms with Crippen molar-refractivity contribution in [2.24, 2.45) is 5.92 Å². The van der Waals surface area contributed by atoms with Crippen LogP contribution >= 0.6 is 15.9 Å². The highest BCUT2D eigenvalue weighted by Gasteiger charge is 2.19. The van der Waals surface area contributed by atoms with Gasteiger partial charge in [-0.05, 0) is 30.2 Å². The van der Waals surface area contributed by atoms with Gasteiger partial charge in [-0.3, -0.25) is 4.79 Å². The fourth-order valence-corrected chi connectivity index (χ4v) is 2.22. The lowest BCUT2D eigenvalue weighted by molar-refractivity contribution is -0.118. The minimum absolute atomic E-state index is 0.0580. The van der Waals surface area contributed by atoms with E-state index in [1.54, 1.807) is 0 Å². The Kier molecular flexibility index (Phi) is 5.07. The van der Waals surface area contributed by atoms with Gasteiger partial charge >= 0.3 is 0 Å². The van der Waals surface area contributed by atoms with Crippen molar-refractivity contribution >= 4 is 27.5 Å². The molecule has 2 aromatic carbocycles. The van der Waals surface area contributed by atoms with E-state index in [0.717, 1.165) is 5.56 Å². The number of anilines is 1. The molecule has 0 aliphatic heterocycles. The van der Waals surface area contributed by atoms with Gasteiger partial charge in [0, 0.05) is 4.47 Å². The van der Waals surface area contributed by atoms with Crippen molar-refractivity contribution in [2.45, 2.75) is 6.42 Å². The Morgan fingerprint density at radius 3 is 2.67 bits per heavy atom. The fraction of sp³-hybridized carbons (Fsp3) is 0.125. The first-order valence-corrected chi connectivity index (χ1v) is 7.09. The smallest absolute Gasteiger partial charge is 0.242 e. The number of nitriles is 1. The standard InChI is InChI=1S/C16H12BrFN2O/c17-13-6-7-14(18)15(9-13)20-16(21)12(10-19)8-11-4-2-1-3-5-11/h1-7,9,12H,8H2,(H,20,21). The first kappa shape index (κ1) is 15.2. The van der Waals surface area contributed by atoms with E-state index in [4.69, 9.17) is 5.26 Å². The van der Waals surface area contributed by atoms with Crippen molar-refractivity contribution in [1.82, 2.24) is 0 Å². The molecular formula is C16H12BrFN2O. The first-order valence-electron chi connectivity index (χ1n) is 6.29. The Hall–Kier alpha value is -2.19. The molecule has 0 radical (unpaired) electrons. The molecule has 1 amide bonds. The van der Waals surface area contributed by atoms with Gasteiger partial charge in [0.1, 0.15) is 11.7 Å². The molecule has 0 spiro atoms. The zero-order valence-corrected chi connectivity index (χ0v) is 12.6. The number of carbonyl (C=O) groups is 1. The zero-order chi connectivity index (χ0) is 15.2. The lowest BCUT2D eigenvalue weighted by Crippen LogP contribution is -2.24. The maximum atomic E-state index is 13.6. The minimum atomic E-state index is -0.870. The van der Waals surface area contributed by atoms with Crippen molar-refractivity contribution < 1.29 is 9.18 Å². The highest BCUT2D eigenvalue weighted by molar-refractivity contribution is 9.10. The van der Waals surface area contributed by atoms with Crippen molar-refractivity contribution in [1.29, 1.82) is 5.26 Å². The molecule has 0 saturated heterocycles. The fourth-order valence-electron chi connectivity index (χ4n) is 1.86. The highest BCUT2D eigenvalue weighted by Crippen LogP contribution is 2.21. The summed E-state index contributed by atoms with van der Waals surface area (Å²) in [5.74, 6) is -1.92. The summed E-state index contributed by atoms with van der Waals surface area (Å²) >= 11 is 3.21. The number of hydrogen-bond donors (Lipinski definition) is 1. The molecule has 0 saturated carbocycles. The summed E-state index contributed by atoms with van der Waals surface area (Å²) < 4.78 is 14.3. The Morgan fingerprint density at radius 1 is 1.29 bits per heavy atom. The van der Waals surface area contributed by atoms with E-state index in [1.165, 1.54) is 18.2 Å². The van der Waals surface area contributed by atoms with E-state index < -0.39 is 17.6 Å². The summed E-state index contributed by atoms with van der Waals surface area (Å²) in [5, 5.41) is 11.6. The average molecular weight is 347 g/mol. The topological polar surface area (TPSA) is 52.9 Å². The van der Waals surface area contributed by atoms with E-state index in [2.05, 4.69) is 21.2 Å². The van der Waals surface area contributed by atoms with Gasteiger partial charge in [0.25, 0.3) is 0 Å². The van der Waals surface area contributed by atoms with Crippen molar-refractivity contribution in [2.75, 3.05) is 5.32 Å². The Bertz CT molecular complexity index is 682. The van der Waals surface area contributed by atoms with Crippen LogP contribution in [0.1, 0.15) is 5.56 Å². The Labute approximate surface area is 130 Å². The van der Waals surface area contributed by atoms with Crippen molar-refractivity contribution in [3.63, 3.8) is 0 Å². The Balaban J connectivity index is 2.10. The van der Waals surface area contributed by atoms with Crippen LogP contribution in [0, 0.1) is 23.1 Å². The second kappa shape index (κ2) is 7.00. The highest BCUT2D eigenvalue weighted by atomic mass is 79.9. The quantitative estimate of drug-likeness (QED) is 0.912. The lowest BCUT2D eigenvalue weighted by atomic mass is 10.00. The average Bonchev–Trinajstić information content (AvgIpc) is 2.49. The van der Waals surface area contributed by atoms with Crippen LogP contribution in [0.2, 0.25) is 0 Å². The number of hydrogen-bond acceptors (Lipinski definition) is 2. The van der Waals surface area contributed by atoms with Crippen LogP contribution in [0.4, 0.5) is 10.1 Å². The molecule has 21 heavy (non-hydrogen) atoms. The maximum Gasteiger partial charge on any atom is 0.242 e. The molecule has 0 aromatic heterocycles. The SMILES string of the molecule is N#CC(Cc1ccccc1)C(=O)Nc1cc(Br)ccc1F. The van der Waals surface area contributed by atoms with E-state index in [9.17, 15) is 9.18 Å². The van der Waals surface area contributed by atoms with Crippen molar-refractivity contribution in [3.05, 3.63) is 64.4 Å². The second-order valence-electron chi connectivity index (χ2n) is 4.48. The molecule has 106 valence electrons. The third-order valence-corrected chi connectivity index (χ3v) is 3.43. The molecule has 0 aliphatic carbocycles. The van der Waals surface area contributed by atoms with Gasteiger partial charge in [-0.1, -0.05) is 46.3 Å². The minimum Gasteiger partial charge on any atom is -0.322 e. The lowest BCUT2D eigenvalue weighted by Gasteiger charge is -2.11. The molecule has 0 bridgehead atoms. The van der Waals surface area contributed by atoms with Gasteiger partial charge in [-0.15, -0.1) is 0 Å². The van der Waals surface area contributed by atoms with Crippen LogP contribution in [-0.2, 0) is 11.2 Å². The molecule has 2 rings (SSSR count). The van der Waals surface area contributed by atoms with Gasteiger partial charge in [0.2, 0.25) is 5.91 Å². The number of nitrogens with one attached hydrogen (secondary N) is 1. The van der Waals surface area contributed by atoms with E-state index in [0.29, 0.717) is 10.9 Å². The maximum absolute atomic E-state index is 13.6.